The first-order valence-corrected chi connectivity index (χ1v) is 12.9. The third kappa shape index (κ3) is 3.93. The molecule has 0 spiro atoms. The second-order valence-electron chi connectivity index (χ2n) is 9.00. The fourth-order valence-corrected chi connectivity index (χ4v) is 6.09. The van der Waals surface area contributed by atoms with Gasteiger partial charge in [-0.3, -0.25) is 14.5 Å². The minimum atomic E-state index is -0.896. The largest absolute Gasteiger partial charge is 0.507 e. The molecule has 9 heteroatoms. The number of aliphatic hydroxyl groups is 1. The molecule has 7 nitrogen and oxygen atoms in total. The van der Waals surface area contributed by atoms with E-state index in [4.69, 9.17) is 26.1 Å². The van der Waals surface area contributed by atoms with Gasteiger partial charge in [0.1, 0.15) is 19.0 Å². The van der Waals surface area contributed by atoms with Crippen LogP contribution in [-0.2, 0) is 9.59 Å². The van der Waals surface area contributed by atoms with E-state index in [-0.39, 0.29) is 11.3 Å². The number of carbonyl (C=O) groups excluding carboxylic acids is 2. The molecule has 1 amide bonds. The van der Waals surface area contributed by atoms with Crippen LogP contribution in [0.15, 0.2) is 60.2 Å². The number of amides is 1. The van der Waals surface area contributed by atoms with Crippen molar-refractivity contribution in [2.45, 2.75) is 19.9 Å². The number of hydrogen-bond acceptors (Lipinski definition) is 7. The molecule has 6 rings (SSSR count). The van der Waals surface area contributed by atoms with Gasteiger partial charge in [-0.15, -0.1) is 0 Å². The monoisotopic (exact) mass is 532 g/mol. The molecule has 0 aliphatic carbocycles. The number of hydrogen-bond donors (Lipinski definition) is 1. The molecule has 3 heterocycles. The molecular formula is C28H21ClN2O5S. The van der Waals surface area contributed by atoms with Gasteiger partial charge in [-0.05, 0) is 66.9 Å². The lowest BCUT2D eigenvalue weighted by molar-refractivity contribution is -0.132. The number of ketones is 1. The summed E-state index contributed by atoms with van der Waals surface area (Å²) < 4.78 is 12.1. The fourth-order valence-electron chi connectivity index (χ4n) is 4.80. The summed E-state index contributed by atoms with van der Waals surface area (Å²) in [6, 6.07) is 14.9. The normalized spacial score (nSPS) is 18.6. The summed E-state index contributed by atoms with van der Waals surface area (Å²) in [5, 5.41) is 12.3. The summed E-state index contributed by atoms with van der Waals surface area (Å²) in [7, 11) is 0. The van der Waals surface area contributed by atoms with Crippen LogP contribution in [0.4, 0.5) is 5.13 Å². The van der Waals surface area contributed by atoms with E-state index in [1.54, 1.807) is 42.5 Å². The Bertz CT molecular complexity index is 1630. The molecule has 1 atom stereocenters. The number of rotatable bonds is 3. The van der Waals surface area contributed by atoms with E-state index in [0.29, 0.717) is 46.0 Å². The molecule has 1 aromatic heterocycles. The molecule has 2 aliphatic heterocycles. The zero-order valence-corrected chi connectivity index (χ0v) is 21.5. The summed E-state index contributed by atoms with van der Waals surface area (Å²) in [5.41, 5.74) is 3.76. The van der Waals surface area contributed by atoms with Gasteiger partial charge in [0.25, 0.3) is 5.78 Å². The highest BCUT2D eigenvalue weighted by Crippen LogP contribution is 2.45. The summed E-state index contributed by atoms with van der Waals surface area (Å²) >= 11 is 7.47. The minimum Gasteiger partial charge on any atom is -0.507 e. The number of carbonyl (C=O) groups is 2. The number of fused-ring (bicyclic) bond motifs is 2. The molecular weight excluding hydrogens is 512 g/mol. The lowest BCUT2D eigenvalue weighted by Crippen LogP contribution is -2.29. The first-order chi connectivity index (χ1) is 17.8. The molecule has 1 fully saturated rings. The molecule has 0 radical (unpaired) electrons. The van der Waals surface area contributed by atoms with Gasteiger partial charge < -0.3 is 14.6 Å². The molecule has 3 aromatic carbocycles. The third-order valence-corrected chi connectivity index (χ3v) is 7.72. The van der Waals surface area contributed by atoms with Crippen LogP contribution in [0.1, 0.15) is 28.3 Å². The number of ether oxygens (including phenoxy) is 2. The van der Waals surface area contributed by atoms with Crippen LogP contribution < -0.4 is 14.4 Å². The Hall–Kier alpha value is -3.88. The number of aliphatic hydroxyl groups excluding tert-OH is 1. The van der Waals surface area contributed by atoms with Gasteiger partial charge in [0, 0.05) is 10.6 Å². The van der Waals surface area contributed by atoms with Gasteiger partial charge in [0.2, 0.25) is 0 Å². The number of aromatic nitrogens is 1. The summed E-state index contributed by atoms with van der Waals surface area (Å²) in [5.74, 6) is -0.833. The molecule has 37 heavy (non-hydrogen) atoms. The van der Waals surface area contributed by atoms with Crippen molar-refractivity contribution in [3.8, 4) is 11.5 Å². The maximum atomic E-state index is 13.5. The van der Waals surface area contributed by atoms with Gasteiger partial charge in [-0.1, -0.05) is 41.1 Å². The Kier molecular flexibility index (Phi) is 5.66. The van der Waals surface area contributed by atoms with E-state index in [1.165, 1.54) is 16.2 Å². The Morgan fingerprint density at radius 2 is 1.76 bits per heavy atom. The van der Waals surface area contributed by atoms with Crippen molar-refractivity contribution in [3.63, 3.8) is 0 Å². The lowest BCUT2D eigenvalue weighted by atomic mass is 9.95. The molecule has 1 N–H and O–H groups in total. The third-order valence-electron chi connectivity index (χ3n) is 6.47. The quantitative estimate of drug-likeness (QED) is 0.199. The molecule has 186 valence electrons. The van der Waals surface area contributed by atoms with Crippen molar-refractivity contribution in [1.82, 2.24) is 4.98 Å². The Morgan fingerprint density at radius 1 is 1.03 bits per heavy atom. The molecule has 0 saturated carbocycles. The van der Waals surface area contributed by atoms with Crippen LogP contribution in [0.2, 0.25) is 5.02 Å². The maximum absolute atomic E-state index is 13.5. The lowest BCUT2D eigenvalue weighted by Gasteiger charge is -2.23. The first kappa shape index (κ1) is 23.5. The van der Waals surface area contributed by atoms with E-state index < -0.39 is 17.7 Å². The molecule has 1 saturated heterocycles. The minimum absolute atomic E-state index is 0.0313. The number of halogens is 1. The summed E-state index contributed by atoms with van der Waals surface area (Å²) in [6.07, 6.45) is 0. The van der Waals surface area contributed by atoms with Gasteiger partial charge >= 0.3 is 5.91 Å². The van der Waals surface area contributed by atoms with Crippen molar-refractivity contribution in [3.05, 3.63) is 87.4 Å². The van der Waals surface area contributed by atoms with Crippen LogP contribution in [0.3, 0.4) is 0 Å². The number of aryl methyl sites for hydroxylation is 2. The van der Waals surface area contributed by atoms with E-state index in [1.807, 2.05) is 26.0 Å². The van der Waals surface area contributed by atoms with Gasteiger partial charge in [-0.25, -0.2) is 4.98 Å². The standard InChI is InChI=1S/C28H21ClN2O5S/c1-14-11-15(2)23-21(12-14)37-28(30-23)31-24(16-3-6-18(29)7-4-16)22(26(33)27(31)34)25(32)17-5-8-19-20(13-17)36-10-9-35-19/h3-8,11-13,24,32H,9-10H2,1-2H3/t24-/m1/s1. The molecule has 2 aliphatic rings. The highest BCUT2D eigenvalue weighted by Gasteiger charge is 2.48. The highest BCUT2D eigenvalue weighted by atomic mass is 35.5. The first-order valence-electron chi connectivity index (χ1n) is 11.7. The molecule has 4 aromatic rings. The van der Waals surface area contributed by atoms with Crippen LogP contribution in [0.5, 0.6) is 11.5 Å². The average molecular weight is 533 g/mol. The number of Topliss-reactive ketones (excluding diaryl/α,β-unsaturated/α-hetero) is 1. The van der Waals surface area contributed by atoms with E-state index in [0.717, 1.165) is 21.3 Å². The Morgan fingerprint density at radius 3 is 2.51 bits per heavy atom. The number of benzene rings is 3. The fraction of sp³-hybridized carbons (Fsp3) is 0.179. The number of nitrogens with zero attached hydrogens (tertiary/aromatic N) is 2. The number of anilines is 1. The SMILES string of the molecule is Cc1cc(C)c2nc(N3C(=O)C(=O)C(=C(O)c4ccc5c(c4)OCCO5)[C@H]3c3ccc(Cl)cc3)sc2c1. The van der Waals surface area contributed by atoms with Crippen molar-refractivity contribution >= 4 is 55.7 Å². The predicted octanol–water partition coefficient (Wildman–Crippen LogP) is 5.96. The zero-order chi connectivity index (χ0) is 25.8. The zero-order valence-electron chi connectivity index (χ0n) is 19.9. The van der Waals surface area contributed by atoms with E-state index in [2.05, 4.69) is 0 Å². The van der Waals surface area contributed by atoms with Gasteiger partial charge in [0.15, 0.2) is 16.6 Å². The number of thiazole rings is 1. The Balaban J connectivity index is 1.55. The van der Waals surface area contributed by atoms with Crippen molar-refractivity contribution < 1.29 is 24.2 Å². The van der Waals surface area contributed by atoms with Crippen molar-refractivity contribution in [2.75, 3.05) is 18.1 Å². The topological polar surface area (TPSA) is 89.0 Å². The summed E-state index contributed by atoms with van der Waals surface area (Å²) in [4.78, 5) is 33.1. The predicted molar refractivity (Wildman–Crippen MR) is 143 cm³/mol. The molecule has 0 bridgehead atoms. The van der Waals surface area contributed by atoms with Crippen LogP contribution >= 0.6 is 22.9 Å². The van der Waals surface area contributed by atoms with Gasteiger partial charge in [-0.2, -0.15) is 0 Å². The van der Waals surface area contributed by atoms with E-state index in [9.17, 15) is 14.7 Å². The second-order valence-corrected chi connectivity index (χ2v) is 10.4. The van der Waals surface area contributed by atoms with Crippen LogP contribution in [0.25, 0.3) is 16.0 Å². The van der Waals surface area contributed by atoms with Crippen molar-refractivity contribution in [1.29, 1.82) is 0 Å². The highest BCUT2D eigenvalue weighted by molar-refractivity contribution is 7.22. The van der Waals surface area contributed by atoms with Crippen LogP contribution in [-0.4, -0.2) is 35.0 Å². The van der Waals surface area contributed by atoms with E-state index >= 15 is 0 Å². The van der Waals surface area contributed by atoms with Crippen LogP contribution in [0, 0.1) is 13.8 Å². The van der Waals surface area contributed by atoms with Gasteiger partial charge in [0.05, 0.1) is 21.8 Å². The summed E-state index contributed by atoms with van der Waals surface area (Å²) in [6.45, 7) is 4.77. The molecule has 0 unspecified atom stereocenters. The average Bonchev–Trinajstić information content (AvgIpc) is 3.42. The Labute approximate surface area is 221 Å². The second kappa shape index (κ2) is 8.90. The smallest absolute Gasteiger partial charge is 0.301 e. The maximum Gasteiger partial charge on any atom is 0.301 e. The van der Waals surface area contributed by atoms with Crippen molar-refractivity contribution in [2.24, 2.45) is 0 Å².